The van der Waals surface area contributed by atoms with Gasteiger partial charge in [-0.15, -0.1) is 11.3 Å². The van der Waals surface area contributed by atoms with Gasteiger partial charge in [0.1, 0.15) is 5.56 Å². The Bertz CT molecular complexity index is 970. The minimum atomic E-state index is -0.389. The summed E-state index contributed by atoms with van der Waals surface area (Å²) in [7, 11) is 0. The van der Waals surface area contributed by atoms with Gasteiger partial charge in [0, 0.05) is 55.3 Å². The molecular formula is C22H27N3O3S. The number of H-pyrrole nitrogens is 1. The largest absolute Gasteiger partial charge is 0.336 e. The number of Topliss-reactive ketones (excluding diaryl/α,β-unsaturated/α-hetero) is 1. The van der Waals surface area contributed by atoms with E-state index in [2.05, 4.69) is 27.4 Å². The van der Waals surface area contributed by atoms with E-state index in [1.165, 1.54) is 10.9 Å². The predicted molar refractivity (Wildman–Crippen MR) is 114 cm³/mol. The van der Waals surface area contributed by atoms with Gasteiger partial charge >= 0.3 is 0 Å². The first-order valence-corrected chi connectivity index (χ1v) is 11.0. The number of aromatic nitrogens is 1. The first-order valence-electron chi connectivity index (χ1n) is 10.2. The molecule has 154 valence electrons. The predicted octanol–water partition coefficient (Wildman–Crippen LogP) is 2.59. The molecule has 1 aliphatic heterocycles. The molecule has 0 atom stereocenters. The van der Waals surface area contributed by atoms with Crippen LogP contribution in [0.3, 0.4) is 0 Å². The molecule has 1 fully saturated rings. The van der Waals surface area contributed by atoms with Crippen molar-refractivity contribution in [3.8, 4) is 0 Å². The molecule has 2 aliphatic rings. The van der Waals surface area contributed by atoms with E-state index < -0.39 is 0 Å². The SMILES string of the molecule is CC1(C)CC(=O)c2cc(C(=O)N3CCN(CCc4cccs4)CC3)c(=O)[nH]c2C1. The number of piperazine rings is 1. The quantitative estimate of drug-likeness (QED) is 0.836. The smallest absolute Gasteiger partial charge is 0.261 e. The topological polar surface area (TPSA) is 73.5 Å². The van der Waals surface area contributed by atoms with Gasteiger partial charge in [0.15, 0.2) is 5.78 Å². The summed E-state index contributed by atoms with van der Waals surface area (Å²) < 4.78 is 0. The number of nitrogens with one attached hydrogen (secondary N) is 1. The van der Waals surface area contributed by atoms with Crippen LogP contribution in [0.4, 0.5) is 0 Å². The Labute approximate surface area is 174 Å². The monoisotopic (exact) mass is 413 g/mol. The number of carbonyl (C=O) groups is 2. The van der Waals surface area contributed by atoms with Crippen molar-refractivity contribution >= 4 is 23.0 Å². The van der Waals surface area contributed by atoms with Gasteiger partial charge in [-0.2, -0.15) is 0 Å². The molecule has 6 nitrogen and oxygen atoms in total. The van der Waals surface area contributed by atoms with Gasteiger partial charge in [-0.05, 0) is 35.8 Å². The van der Waals surface area contributed by atoms with Gasteiger partial charge in [-0.25, -0.2) is 0 Å². The number of fused-ring (bicyclic) bond motifs is 1. The molecule has 0 saturated carbocycles. The van der Waals surface area contributed by atoms with Crippen LogP contribution in [0.25, 0.3) is 0 Å². The lowest BCUT2D eigenvalue weighted by Crippen LogP contribution is -2.50. The second-order valence-corrected chi connectivity index (χ2v) is 9.84. The standard InChI is InChI=1S/C22H27N3O3S/c1-22(2)13-18-16(19(26)14-22)12-17(20(27)23-18)21(28)25-9-7-24(8-10-25)6-5-15-4-3-11-29-15/h3-4,11-12H,5-10,13-14H2,1-2H3,(H,23,27). The molecule has 1 amide bonds. The van der Waals surface area contributed by atoms with E-state index in [9.17, 15) is 14.4 Å². The summed E-state index contributed by atoms with van der Waals surface area (Å²) in [6.45, 7) is 7.81. The highest BCUT2D eigenvalue weighted by atomic mass is 32.1. The van der Waals surface area contributed by atoms with Crippen LogP contribution in [0, 0.1) is 5.41 Å². The Morgan fingerprint density at radius 1 is 1.17 bits per heavy atom. The summed E-state index contributed by atoms with van der Waals surface area (Å²) in [5.41, 5.74) is 0.689. The van der Waals surface area contributed by atoms with Crippen molar-refractivity contribution in [3.05, 3.63) is 55.6 Å². The lowest BCUT2D eigenvalue weighted by Gasteiger charge is -2.35. The van der Waals surface area contributed by atoms with Crippen LogP contribution in [-0.2, 0) is 12.8 Å². The zero-order valence-electron chi connectivity index (χ0n) is 17.0. The maximum Gasteiger partial charge on any atom is 0.261 e. The van der Waals surface area contributed by atoms with Crippen LogP contribution >= 0.6 is 11.3 Å². The van der Waals surface area contributed by atoms with Crippen molar-refractivity contribution in [2.75, 3.05) is 32.7 Å². The number of thiophene rings is 1. The van der Waals surface area contributed by atoms with Crippen molar-refractivity contribution in [3.63, 3.8) is 0 Å². The normalized spacial score (nSPS) is 19.2. The van der Waals surface area contributed by atoms with E-state index in [-0.39, 0.29) is 28.2 Å². The number of ketones is 1. The highest BCUT2D eigenvalue weighted by molar-refractivity contribution is 7.09. The van der Waals surface area contributed by atoms with Crippen LogP contribution in [0.5, 0.6) is 0 Å². The molecule has 0 unspecified atom stereocenters. The van der Waals surface area contributed by atoms with Gasteiger partial charge < -0.3 is 9.88 Å². The molecule has 3 heterocycles. The molecule has 29 heavy (non-hydrogen) atoms. The fourth-order valence-corrected chi connectivity index (χ4v) is 4.95. The molecule has 0 radical (unpaired) electrons. The molecule has 4 rings (SSSR count). The Morgan fingerprint density at radius 2 is 1.93 bits per heavy atom. The number of hydrogen-bond acceptors (Lipinski definition) is 5. The summed E-state index contributed by atoms with van der Waals surface area (Å²) >= 11 is 1.77. The fraction of sp³-hybridized carbons (Fsp3) is 0.500. The number of carbonyl (C=O) groups excluding carboxylic acids is 2. The number of hydrogen-bond donors (Lipinski definition) is 1. The summed E-state index contributed by atoms with van der Waals surface area (Å²) in [5, 5.41) is 2.09. The Balaban J connectivity index is 1.42. The third-order valence-corrected chi connectivity index (χ3v) is 6.80. The minimum absolute atomic E-state index is 0.0000497. The molecule has 0 aromatic carbocycles. The minimum Gasteiger partial charge on any atom is -0.336 e. The molecule has 2 aromatic heterocycles. The number of pyridine rings is 1. The fourth-order valence-electron chi connectivity index (χ4n) is 4.25. The molecular weight excluding hydrogens is 386 g/mol. The van der Waals surface area contributed by atoms with Crippen LogP contribution in [0.15, 0.2) is 28.4 Å². The Kier molecular flexibility index (Phi) is 5.44. The van der Waals surface area contributed by atoms with Crippen LogP contribution in [0.1, 0.15) is 51.6 Å². The maximum atomic E-state index is 13.0. The van der Waals surface area contributed by atoms with Gasteiger partial charge in [0.05, 0.1) is 0 Å². The lowest BCUT2D eigenvalue weighted by atomic mass is 9.75. The van der Waals surface area contributed by atoms with E-state index in [0.29, 0.717) is 37.2 Å². The molecule has 7 heteroatoms. The van der Waals surface area contributed by atoms with Crippen LogP contribution in [0.2, 0.25) is 0 Å². The van der Waals surface area contributed by atoms with Crippen LogP contribution < -0.4 is 5.56 Å². The van der Waals surface area contributed by atoms with E-state index >= 15 is 0 Å². The zero-order valence-corrected chi connectivity index (χ0v) is 17.8. The third kappa shape index (κ3) is 4.36. The Hall–Kier alpha value is -2.25. The first-order chi connectivity index (χ1) is 13.8. The van der Waals surface area contributed by atoms with Crippen molar-refractivity contribution < 1.29 is 9.59 Å². The second kappa shape index (κ2) is 7.88. The zero-order chi connectivity index (χ0) is 20.6. The summed E-state index contributed by atoms with van der Waals surface area (Å²) in [6.07, 6.45) is 2.10. The molecule has 2 aromatic rings. The first kappa shape index (κ1) is 20.0. The van der Waals surface area contributed by atoms with E-state index in [1.807, 2.05) is 13.8 Å². The average Bonchev–Trinajstić information content (AvgIpc) is 3.18. The highest BCUT2D eigenvalue weighted by Crippen LogP contribution is 2.33. The van der Waals surface area contributed by atoms with E-state index in [1.54, 1.807) is 16.2 Å². The highest BCUT2D eigenvalue weighted by Gasteiger charge is 2.33. The van der Waals surface area contributed by atoms with Crippen molar-refractivity contribution in [1.29, 1.82) is 0 Å². The molecule has 1 aliphatic carbocycles. The summed E-state index contributed by atoms with van der Waals surface area (Å²) in [6, 6.07) is 5.74. The van der Waals surface area contributed by atoms with Gasteiger partial charge in [-0.1, -0.05) is 19.9 Å². The van der Waals surface area contributed by atoms with E-state index in [4.69, 9.17) is 0 Å². The number of amides is 1. The molecule has 1 N–H and O–H groups in total. The van der Waals surface area contributed by atoms with Crippen molar-refractivity contribution in [2.24, 2.45) is 5.41 Å². The van der Waals surface area contributed by atoms with Crippen LogP contribution in [-0.4, -0.2) is 59.2 Å². The number of rotatable bonds is 4. The van der Waals surface area contributed by atoms with E-state index in [0.717, 1.165) is 26.1 Å². The molecule has 0 bridgehead atoms. The summed E-state index contributed by atoms with van der Waals surface area (Å²) in [4.78, 5) is 46.3. The summed E-state index contributed by atoms with van der Waals surface area (Å²) in [5.74, 6) is -0.274. The second-order valence-electron chi connectivity index (χ2n) is 8.81. The van der Waals surface area contributed by atoms with Gasteiger partial charge in [0.25, 0.3) is 11.5 Å². The maximum absolute atomic E-state index is 13.0. The van der Waals surface area contributed by atoms with Crippen molar-refractivity contribution in [1.82, 2.24) is 14.8 Å². The lowest BCUT2D eigenvalue weighted by molar-refractivity contribution is 0.0637. The molecule has 1 saturated heterocycles. The average molecular weight is 414 g/mol. The van der Waals surface area contributed by atoms with Crippen molar-refractivity contribution in [2.45, 2.75) is 33.1 Å². The van der Waals surface area contributed by atoms with Gasteiger partial charge in [-0.3, -0.25) is 19.3 Å². The van der Waals surface area contributed by atoms with Gasteiger partial charge in [0.2, 0.25) is 0 Å². The molecule has 0 spiro atoms. The number of nitrogens with zero attached hydrogens (tertiary/aromatic N) is 2. The number of aromatic amines is 1. The Morgan fingerprint density at radius 3 is 2.62 bits per heavy atom. The third-order valence-electron chi connectivity index (χ3n) is 5.86.